The molecule has 0 bridgehead atoms. The molecule has 1 heterocycles. The molecule has 0 aliphatic rings. The number of nitro groups is 1. The Hall–Kier alpha value is -0.650. The maximum atomic E-state index is 10.6. The standard InChI is InChI=1S/C9H13ClN2O2S/c1-5(2)11-6(3)8-4-7(12(13)14)9(10)15-8/h4-6,11H,1-3H3. The van der Waals surface area contributed by atoms with Gasteiger partial charge in [0.15, 0.2) is 4.34 Å². The third-order valence-electron chi connectivity index (χ3n) is 1.89. The summed E-state index contributed by atoms with van der Waals surface area (Å²) in [7, 11) is 0. The third kappa shape index (κ3) is 3.15. The van der Waals surface area contributed by atoms with Crippen molar-refractivity contribution in [1.82, 2.24) is 5.32 Å². The van der Waals surface area contributed by atoms with Gasteiger partial charge in [-0.25, -0.2) is 0 Å². The molecule has 1 atom stereocenters. The molecule has 0 aliphatic carbocycles. The Labute approximate surface area is 97.4 Å². The van der Waals surface area contributed by atoms with E-state index >= 15 is 0 Å². The summed E-state index contributed by atoms with van der Waals surface area (Å²) in [6, 6.07) is 1.95. The zero-order chi connectivity index (χ0) is 11.6. The average Bonchev–Trinajstić information content (AvgIpc) is 2.46. The van der Waals surface area contributed by atoms with E-state index in [1.54, 1.807) is 0 Å². The summed E-state index contributed by atoms with van der Waals surface area (Å²) in [5.74, 6) is 0. The second kappa shape index (κ2) is 4.92. The number of halogens is 1. The second-order valence-corrected chi connectivity index (χ2v) is 5.29. The summed E-state index contributed by atoms with van der Waals surface area (Å²) in [6.45, 7) is 6.02. The van der Waals surface area contributed by atoms with Crippen LogP contribution in [0, 0.1) is 10.1 Å². The fraction of sp³-hybridized carbons (Fsp3) is 0.556. The lowest BCUT2D eigenvalue weighted by molar-refractivity contribution is -0.384. The van der Waals surface area contributed by atoms with E-state index in [2.05, 4.69) is 5.32 Å². The SMILES string of the molecule is CC(C)NC(C)c1cc([N+](=O)[O-])c(Cl)s1. The number of nitrogens with zero attached hydrogens (tertiary/aromatic N) is 1. The van der Waals surface area contributed by atoms with Crippen molar-refractivity contribution in [2.45, 2.75) is 32.9 Å². The third-order valence-corrected chi connectivity index (χ3v) is 3.42. The quantitative estimate of drug-likeness (QED) is 0.657. The van der Waals surface area contributed by atoms with E-state index in [1.165, 1.54) is 17.4 Å². The van der Waals surface area contributed by atoms with Crippen LogP contribution < -0.4 is 5.32 Å². The molecule has 0 aromatic carbocycles. The molecule has 84 valence electrons. The highest BCUT2D eigenvalue weighted by Crippen LogP contribution is 2.36. The van der Waals surface area contributed by atoms with E-state index in [-0.39, 0.29) is 16.1 Å². The van der Waals surface area contributed by atoms with Crippen molar-refractivity contribution < 1.29 is 4.92 Å². The van der Waals surface area contributed by atoms with Crippen molar-refractivity contribution in [3.63, 3.8) is 0 Å². The van der Waals surface area contributed by atoms with Crippen LogP contribution in [0.1, 0.15) is 31.7 Å². The van der Waals surface area contributed by atoms with Crippen molar-refractivity contribution in [1.29, 1.82) is 0 Å². The van der Waals surface area contributed by atoms with Crippen LogP contribution in [0.15, 0.2) is 6.07 Å². The number of thiophene rings is 1. The molecule has 6 heteroatoms. The fourth-order valence-electron chi connectivity index (χ4n) is 1.30. The first-order valence-corrected chi connectivity index (χ1v) is 5.81. The van der Waals surface area contributed by atoms with Crippen LogP contribution >= 0.6 is 22.9 Å². The number of hydrogen-bond acceptors (Lipinski definition) is 4. The molecule has 4 nitrogen and oxygen atoms in total. The van der Waals surface area contributed by atoms with Gasteiger partial charge in [-0.1, -0.05) is 25.4 Å². The minimum absolute atomic E-state index is 0.00549. The van der Waals surface area contributed by atoms with E-state index in [1.807, 2.05) is 20.8 Å². The summed E-state index contributed by atoms with van der Waals surface area (Å²) in [6.07, 6.45) is 0. The molecule has 1 aromatic rings. The van der Waals surface area contributed by atoms with Gasteiger partial charge in [0.05, 0.1) is 4.92 Å². The molecule has 0 radical (unpaired) electrons. The van der Waals surface area contributed by atoms with Crippen LogP contribution in [-0.2, 0) is 0 Å². The maximum absolute atomic E-state index is 10.6. The number of nitrogens with one attached hydrogen (secondary N) is 1. The van der Waals surface area contributed by atoms with Crippen molar-refractivity contribution >= 4 is 28.6 Å². The first-order valence-electron chi connectivity index (χ1n) is 4.61. The van der Waals surface area contributed by atoms with Crippen molar-refractivity contribution in [2.24, 2.45) is 0 Å². The van der Waals surface area contributed by atoms with Crippen molar-refractivity contribution in [3.8, 4) is 0 Å². The van der Waals surface area contributed by atoms with Crippen molar-refractivity contribution in [3.05, 3.63) is 25.4 Å². The predicted molar refractivity (Wildman–Crippen MR) is 62.7 cm³/mol. The highest BCUT2D eigenvalue weighted by molar-refractivity contribution is 7.16. The van der Waals surface area contributed by atoms with Crippen LogP contribution in [0.5, 0.6) is 0 Å². The smallest absolute Gasteiger partial charge is 0.299 e. The average molecular weight is 249 g/mol. The minimum Gasteiger partial charge on any atom is -0.307 e. The maximum Gasteiger partial charge on any atom is 0.299 e. The number of hydrogen-bond donors (Lipinski definition) is 1. The molecular weight excluding hydrogens is 236 g/mol. The van der Waals surface area contributed by atoms with Gasteiger partial charge in [-0.15, -0.1) is 11.3 Å². The monoisotopic (exact) mass is 248 g/mol. The molecular formula is C9H13ClN2O2S. The Morgan fingerprint density at radius 3 is 2.53 bits per heavy atom. The Morgan fingerprint density at radius 1 is 1.53 bits per heavy atom. The van der Waals surface area contributed by atoms with Gasteiger partial charge in [-0.3, -0.25) is 10.1 Å². The first kappa shape index (κ1) is 12.4. The Balaban J connectivity index is 2.87. The Bertz CT molecular complexity index is 365. The molecule has 0 fully saturated rings. The highest BCUT2D eigenvalue weighted by Gasteiger charge is 2.20. The lowest BCUT2D eigenvalue weighted by atomic mass is 10.2. The molecule has 1 unspecified atom stereocenters. The molecule has 0 spiro atoms. The van der Waals surface area contributed by atoms with Crippen LogP contribution in [0.25, 0.3) is 0 Å². The van der Waals surface area contributed by atoms with Crippen LogP contribution in [0.2, 0.25) is 4.34 Å². The van der Waals surface area contributed by atoms with Gasteiger partial charge >= 0.3 is 0 Å². The van der Waals surface area contributed by atoms with Gasteiger partial charge in [0.2, 0.25) is 0 Å². The summed E-state index contributed by atoms with van der Waals surface area (Å²) in [4.78, 5) is 11.0. The fourth-order valence-corrected chi connectivity index (χ4v) is 2.55. The van der Waals surface area contributed by atoms with Crippen LogP contribution in [0.4, 0.5) is 5.69 Å². The van der Waals surface area contributed by atoms with Gasteiger partial charge in [-0.2, -0.15) is 0 Å². The Kier molecular flexibility index (Phi) is 4.07. The summed E-state index contributed by atoms with van der Waals surface area (Å²) in [5.41, 5.74) is -0.00549. The van der Waals surface area contributed by atoms with E-state index in [0.717, 1.165) is 4.88 Å². The number of rotatable bonds is 4. The second-order valence-electron chi connectivity index (χ2n) is 3.61. The van der Waals surface area contributed by atoms with E-state index < -0.39 is 4.92 Å². The van der Waals surface area contributed by atoms with Crippen LogP contribution in [-0.4, -0.2) is 11.0 Å². The Morgan fingerprint density at radius 2 is 2.13 bits per heavy atom. The predicted octanol–water partition coefficient (Wildman–Crippen LogP) is 3.37. The van der Waals surface area contributed by atoms with Gasteiger partial charge in [0.25, 0.3) is 5.69 Å². The van der Waals surface area contributed by atoms with Gasteiger partial charge in [-0.05, 0) is 6.92 Å². The molecule has 1 aromatic heterocycles. The molecule has 1 N–H and O–H groups in total. The topological polar surface area (TPSA) is 55.2 Å². The lowest BCUT2D eigenvalue weighted by Crippen LogP contribution is -2.25. The van der Waals surface area contributed by atoms with E-state index in [9.17, 15) is 10.1 Å². The largest absolute Gasteiger partial charge is 0.307 e. The molecule has 0 aliphatic heterocycles. The lowest BCUT2D eigenvalue weighted by Gasteiger charge is -2.14. The summed E-state index contributed by atoms with van der Waals surface area (Å²) < 4.78 is 0.243. The molecule has 0 amide bonds. The molecule has 1 rings (SSSR count). The summed E-state index contributed by atoms with van der Waals surface area (Å²) >= 11 is 7.02. The van der Waals surface area contributed by atoms with E-state index in [0.29, 0.717) is 6.04 Å². The molecule has 0 saturated carbocycles. The van der Waals surface area contributed by atoms with Gasteiger partial charge in [0, 0.05) is 23.0 Å². The van der Waals surface area contributed by atoms with Gasteiger partial charge in [0.1, 0.15) is 0 Å². The van der Waals surface area contributed by atoms with Crippen LogP contribution in [0.3, 0.4) is 0 Å². The van der Waals surface area contributed by atoms with Gasteiger partial charge < -0.3 is 5.32 Å². The zero-order valence-electron chi connectivity index (χ0n) is 8.78. The zero-order valence-corrected chi connectivity index (χ0v) is 10.4. The van der Waals surface area contributed by atoms with Crippen molar-refractivity contribution in [2.75, 3.05) is 0 Å². The molecule has 15 heavy (non-hydrogen) atoms. The first-order chi connectivity index (χ1) is 6.91. The summed E-state index contributed by atoms with van der Waals surface area (Å²) in [5, 5.41) is 13.9. The minimum atomic E-state index is -0.454. The highest BCUT2D eigenvalue weighted by atomic mass is 35.5. The normalized spacial score (nSPS) is 13.1. The van der Waals surface area contributed by atoms with E-state index in [4.69, 9.17) is 11.6 Å². The molecule has 0 saturated heterocycles.